The van der Waals surface area contributed by atoms with Crippen molar-refractivity contribution in [1.29, 1.82) is 0 Å². The number of alkyl carbamates (subject to hydrolysis) is 1. The van der Waals surface area contributed by atoms with Gasteiger partial charge in [0.2, 0.25) is 5.91 Å². The summed E-state index contributed by atoms with van der Waals surface area (Å²) < 4.78 is 10.3. The highest BCUT2D eigenvalue weighted by atomic mass is 32.2. The minimum Gasteiger partial charge on any atom is -0.457 e. The molecule has 0 radical (unpaired) electrons. The molecule has 5 atom stereocenters. The van der Waals surface area contributed by atoms with E-state index in [9.17, 15) is 19.5 Å². The van der Waals surface area contributed by atoms with Crippen LogP contribution in [0.25, 0.3) is 6.08 Å². The predicted octanol–water partition coefficient (Wildman–Crippen LogP) is 3.30. The van der Waals surface area contributed by atoms with Gasteiger partial charge in [-0.25, -0.2) is 9.59 Å². The maximum atomic E-state index is 13.0. The zero-order valence-corrected chi connectivity index (χ0v) is 21.9. The van der Waals surface area contributed by atoms with Crippen LogP contribution < -0.4 is 5.32 Å². The smallest absolute Gasteiger partial charge is 0.407 e. The number of allylic oxidation sites excluding steroid dienone is 1. The number of aromatic nitrogens is 1. The molecule has 1 aromatic rings. The second-order valence-electron chi connectivity index (χ2n) is 8.78. The van der Waals surface area contributed by atoms with Crippen LogP contribution in [0.2, 0.25) is 0 Å². The first-order chi connectivity index (χ1) is 17.8. The van der Waals surface area contributed by atoms with Crippen molar-refractivity contribution < 1.29 is 29.0 Å². The Labute approximate surface area is 221 Å². The lowest BCUT2D eigenvalue weighted by Gasteiger charge is -2.46. The Bertz CT molecular complexity index is 1070. The fourth-order valence-corrected chi connectivity index (χ4v) is 5.82. The van der Waals surface area contributed by atoms with Crippen LogP contribution in [0.4, 0.5) is 4.79 Å². The molecule has 2 aliphatic heterocycles. The summed E-state index contributed by atoms with van der Waals surface area (Å²) in [5, 5.41) is 12.8. The summed E-state index contributed by atoms with van der Waals surface area (Å²) >= 11 is 1.42. The average molecular weight is 528 g/mol. The van der Waals surface area contributed by atoms with E-state index in [4.69, 9.17) is 9.47 Å². The maximum absolute atomic E-state index is 13.0. The fourth-order valence-electron chi connectivity index (χ4n) is 4.44. The molecule has 0 saturated carbocycles. The molecule has 198 valence electrons. The van der Waals surface area contributed by atoms with E-state index in [0.29, 0.717) is 11.3 Å². The van der Waals surface area contributed by atoms with Gasteiger partial charge in [0.25, 0.3) is 0 Å². The predicted molar refractivity (Wildman–Crippen MR) is 142 cm³/mol. The summed E-state index contributed by atoms with van der Waals surface area (Å²) in [6.45, 7) is 11.0. The number of nitrogens with zero attached hydrogens (tertiary/aromatic N) is 2. The molecule has 10 heteroatoms. The number of pyridine rings is 1. The summed E-state index contributed by atoms with van der Waals surface area (Å²) in [5.74, 6) is -1.70. The summed E-state index contributed by atoms with van der Waals surface area (Å²) in [4.78, 5) is 44.1. The molecule has 0 aliphatic carbocycles. The number of carbonyl (C=O) groups is 3. The first-order valence-electron chi connectivity index (χ1n) is 12.1. The van der Waals surface area contributed by atoms with Gasteiger partial charge >= 0.3 is 12.1 Å². The molecule has 0 bridgehead atoms. The molecular weight excluding hydrogens is 494 g/mol. The van der Waals surface area contributed by atoms with Gasteiger partial charge in [0.1, 0.15) is 18.9 Å². The molecule has 0 spiro atoms. The maximum Gasteiger partial charge on any atom is 0.407 e. The van der Waals surface area contributed by atoms with Crippen molar-refractivity contribution in [3.8, 4) is 0 Å². The highest BCUT2D eigenvalue weighted by Gasteiger charge is 2.60. The Hall–Kier alpha value is -3.37. The normalized spacial score (nSPS) is 22.2. The van der Waals surface area contributed by atoms with Crippen molar-refractivity contribution in [2.45, 2.75) is 37.7 Å². The molecule has 1 saturated heterocycles. The number of ether oxygens (including phenoxy) is 2. The van der Waals surface area contributed by atoms with Gasteiger partial charge in [0, 0.05) is 35.0 Å². The Morgan fingerprint density at radius 2 is 1.92 bits per heavy atom. The zero-order chi connectivity index (χ0) is 26.9. The largest absolute Gasteiger partial charge is 0.457 e. The quantitative estimate of drug-likeness (QED) is 0.228. The molecule has 2 aliphatic rings. The van der Waals surface area contributed by atoms with Crippen molar-refractivity contribution in [2.24, 2.45) is 11.8 Å². The van der Waals surface area contributed by atoms with Crippen LogP contribution in [0.15, 0.2) is 66.5 Å². The molecule has 1 aromatic heterocycles. The molecule has 1 unspecified atom stereocenters. The number of fused-ring (bicyclic) bond motifs is 1. The number of thioether (sulfide) groups is 1. The number of carbonyl (C=O) groups excluding carboxylic acids is 3. The summed E-state index contributed by atoms with van der Waals surface area (Å²) in [6, 6.07) is 3.43. The van der Waals surface area contributed by atoms with E-state index in [1.807, 2.05) is 31.2 Å². The van der Waals surface area contributed by atoms with Gasteiger partial charge in [0.15, 0.2) is 0 Å². The molecular formula is C27H33N3O6S. The number of rotatable bonds is 13. The van der Waals surface area contributed by atoms with Gasteiger partial charge in [-0.15, -0.1) is 11.8 Å². The second-order valence-corrected chi connectivity index (χ2v) is 10.1. The molecule has 1 fully saturated rings. The van der Waals surface area contributed by atoms with Gasteiger partial charge in [-0.1, -0.05) is 44.4 Å². The third kappa shape index (κ3) is 6.69. The van der Waals surface area contributed by atoms with E-state index in [1.54, 1.807) is 19.3 Å². The molecule has 9 nitrogen and oxygen atoms in total. The first kappa shape index (κ1) is 28.2. The van der Waals surface area contributed by atoms with Gasteiger partial charge < -0.3 is 24.8 Å². The van der Waals surface area contributed by atoms with E-state index in [0.717, 1.165) is 5.56 Å². The standard InChI is InChI=1S/C27H33N3O6S/c1-5-14-35-26(33)23-24(17(3)22-21(18(4)31)25(32)30(22)23)37-20(16-29-27(34)36-15-6-2)9-7-8-19-10-12-28-13-11-19/h5-8,10-13,17-18,20-22,31H,1-2,9,14-16H2,3-4H3,(H,29,34)/b8-7+/t17-,18-,20?,21-,22-/m1/s1. The SMILES string of the molecule is C=CCOC(=O)NCC(C/C=C/c1ccncc1)SC1=C(C(=O)OCC=C)N2C(=O)[C@H]([C@@H](C)O)[C@H]2[C@H]1C. The highest BCUT2D eigenvalue weighted by molar-refractivity contribution is 8.03. The van der Waals surface area contributed by atoms with Crippen molar-refractivity contribution in [3.63, 3.8) is 0 Å². The average Bonchev–Trinajstić information content (AvgIpc) is 3.12. The topological polar surface area (TPSA) is 118 Å². The van der Waals surface area contributed by atoms with Crippen LogP contribution in [-0.4, -0.2) is 70.1 Å². The second kappa shape index (κ2) is 13.3. The fraction of sp³-hybridized carbons (Fsp3) is 0.407. The van der Waals surface area contributed by atoms with E-state index in [2.05, 4.69) is 23.5 Å². The van der Waals surface area contributed by atoms with Gasteiger partial charge in [-0.3, -0.25) is 9.78 Å². The summed E-state index contributed by atoms with van der Waals surface area (Å²) in [7, 11) is 0. The number of hydrogen-bond acceptors (Lipinski definition) is 8. The lowest BCUT2D eigenvalue weighted by molar-refractivity contribution is -0.164. The molecule has 37 heavy (non-hydrogen) atoms. The Morgan fingerprint density at radius 3 is 2.57 bits per heavy atom. The Morgan fingerprint density at radius 1 is 1.24 bits per heavy atom. The molecule has 3 rings (SSSR count). The number of aliphatic hydroxyl groups is 1. The summed E-state index contributed by atoms with van der Waals surface area (Å²) in [6.07, 6.45) is 9.43. The highest BCUT2D eigenvalue weighted by Crippen LogP contribution is 2.51. The number of amides is 2. The minimum atomic E-state index is -0.841. The number of hydrogen-bond donors (Lipinski definition) is 2. The van der Waals surface area contributed by atoms with E-state index >= 15 is 0 Å². The van der Waals surface area contributed by atoms with Crippen LogP contribution in [0.5, 0.6) is 0 Å². The molecule has 0 aromatic carbocycles. The van der Waals surface area contributed by atoms with Crippen LogP contribution in [0.3, 0.4) is 0 Å². The monoisotopic (exact) mass is 527 g/mol. The van der Waals surface area contributed by atoms with E-state index in [1.165, 1.54) is 28.8 Å². The molecule has 3 heterocycles. The van der Waals surface area contributed by atoms with Crippen LogP contribution in [-0.2, 0) is 19.1 Å². The zero-order valence-electron chi connectivity index (χ0n) is 21.0. The van der Waals surface area contributed by atoms with E-state index < -0.39 is 24.1 Å². The number of nitrogens with one attached hydrogen (secondary N) is 1. The van der Waals surface area contributed by atoms with E-state index in [-0.39, 0.29) is 48.6 Å². The summed E-state index contributed by atoms with van der Waals surface area (Å²) in [5.41, 5.74) is 1.18. The minimum absolute atomic E-state index is 0.00991. The van der Waals surface area contributed by atoms with Gasteiger partial charge in [0.05, 0.1) is 18.1 Å². The molecule has 2 amide bonds. The molecule has 2 N–H and O–H groups in total. The van der Waals surface area contributed by atoms with Crippen LogP contribution in [0, 0.1) is 11.8 Å². The Kier molecular flexibility index (Phi) is 10.1. The van der Waals surface area contributed by atoms with Crippen LogP contribution >= 0.6 is 11.8 Å². The lowest BCUT2D eigenvalue weighted by Crippen LogP contribution is -2.63. The van der Waals surface area contributed by atoms with Crippen molar-refractivity contribution in [3.05, 3.63) is 72.1 Å². The van der Waals surface area contributed by atoms with Gasteiger partial charge in [-0.05, 0) is 31.0 Å². The lowest BCUT2D eigenvalue weighted by atomic mass is 9.79. The first-order valence-corrected chi connectivity index (χ1v) is 13.0. The third-order valence-corrected chi connectivity index (χ3v) is 7.66. The number of β-lactam (4-membered cyclic amide) rings is 1. The number of esters is 1. The number of aliphatic hydroxyl groups excluding tert-OH is 1. The van der Waals surface area contributed by atoms with Crippen molar-refractivity contribution in [2.75, 3.05) is 19.8 Å². The van der Waals surface area contributed by atoms with Crippen LogP contribution in [0.1, 0.15) is 25.8 Å². The van der Waals surface area contributed by atoms with Gasteiger partial charge in [-0.2, -0.15) is 0 Å². The van der Waals surface area contributed by atoms with Crippen molar-refractivity contribution >= 4 is 35.8 Å². The third-order valence-electron chi connectivity index (χ3n) is 6.15. The Balaban J connectivity index is 1.86. The van der Waals surface area contributed by atoms with Crippen molar-refractivity contribution in [1.82, 2.24) is 15.2 Å².